The molecule has 0 heterocycles. The fourth-order valence-electron chi connectivity index (χ4n) is 2.24. The van der Waals surface area contributed by atoms with E-state index in [-0.39, 0.29) is 6.61 Å². The van der Waals surface area contributed by atoms with Crippen LogP contribution in [-0.2, 0) is 9.47 Å². The van der Waals surface area contributed by atoms with Crippen LogP contribution in [0.1, 0.15) is 41.5 Å². The molecule has 0 aliphatic carbocycles. The summed E-state index contributed by atoms with van der Waals surface area (Å²) >= 11 is 0. The van der Waals surface area contributed by atoms with E-state index in [2.05, 4.69) is 0 Å². The first-order valence-electron chi connectivity index (χ1n) is 5.74. The Labute approximate surface area is 108 Å². The highest BCUT2D eigenvalue weighted by Crippen LogP contribution is 2.47. The van der Waals surface area contributed by atoms with Gasteiger partial charge in [0.2, 0.25) is 0 Å². The number of ether oxygens (including phenoxy) is 2. The van der Waals surface area contributed by atoms with Crippen molar-refractivity contribution in [1.82, 2.24) is 0 Å². The molecule has 0 fully saturated rings. The minimum absolute atomic E-state index is 0.141. The Morgan fingerprint density at radius 2 is 1.28 bits per heavy atom. The zero-order valence-electron chi connectivity index (χ0n) is 12.0. The Bertz CT molecular complexity index is 312. The van der Waals surface area contributed by atoms with Crippen LogP contribution in [-0.4, -0.2) is 24.4 Å². The van der Waals surface area contributed by atoms with Gasteiger partial charge in [0.25, 0.3) is 0 Å². The van der Waals surface area contributed by atoms with Crippen molar-refractivity contribution in [2.75, 3.05) is 6.61 Å². The minimum atomic E-state index is -1.07. The van der Waals surface area contributed by atoms with Crippen molar-refractivity contribution in [3.05, 3.63) is 0 Å². The number of carbonyl (C=O) groups is 2. The van der Waals surface area contributed by atoms with Gasteiger partial charge in [0.15, 0.2) is 5.60 Å². The van der Waals surface area contributed by atoms with Crippen LogP contribution in [0.25, 0.3) is 0 Å². The molecular formula is C12H24N2O4. The van der Waals surface area contributed by atoms with Gasteiger partial charge in [-0.1, -0.05) is 41.5 Å². The van der Waals surface area contributed by atoms with E-state index in [1.807, 2.05) is 41.5 Å². The molecule has 4 N–H and O–H groups in total. The van der Waals surface area contributed by atoms with Crippen LogP contribution < -0.4 is 11.5 Å². The molecule has 18 heavy (non-hydrogen) atoms. The first-order valence-corrected chi connectivity index (χ1v) is 5.74. The van der Waals surface area contributed by atoms with Crippen LogP contribution in [0.15, 0.2) is 0 Å². The lowest BCUT2D eigenvalue weighted by molar-refractivity contribution is -0.162. The minimum Gasteiger partial charge on any atom is -0.445 e. The average Bonchev–Trinajstić information content (AvgIpc) is 2.06. The molecule has 2 amide bonds. The first kappa shape index (κ1) is 16.5. The third kappa shape index (κ3) is 3.51. The van der Waals surface area contributed by atoms with Crippen molar-refractivity contribution in [1.29, 1.82) is 0 Å². The van der Waals surface area contributed by atoms with Crippen molar-refractivity contribution < 1.29 is 19.1 Å². The zero-order chi connectivity index (χ0) is 14.8. The van der Waals surface area contributed by atoms with Gasteiger partial charge in [0.05, 0.1) is 0 Å². The van der Waals surface area contributed by atoms with E-state index in [9.17, 15) is 9.59 Å². The van der Waals surface area contributed by atoms with Crippen molar-refractivity contribution in [2.45, 2.75) is 47.1 Å². The van der Waals surface area contributed by atoms with Gasteiger partial charge >= 0.3 is 12.2 Å². The van der Waals surface area contributed by atoms with Crippen LogP contribution in [0.3, 0.4) is 0 Å². The summed E-state index contributed by atoms with van der Waals surface area (Å²) in [6, 6.07) is 0. The van der Waals surface area contributed by atoms with E-state index in [1.165, 1.54) is 0 Å². The van der Waals surface area contributed by atoms with Gasteiger partial charge in [-0.15, -0.1) is 0 Å². The highest BCUT2D eigenvalue weighted by Gasteiger charge is 2.55. The van der Waals surface area contributed by atoms with Crippen molar-refractivity contribution in [3.63, 3.8) is 0 Å². The summed E-state index contributed by atoms with van der Waals surface area (Å²) in [4.78, 5) is 22.0. The number of primary amides is 2. The molecule has 0 spiro atoms. The second kappa shape index (κ2) is 5.04. The Kier molecular flexibility index (Phi) is 4.63. The number of amides is 2. The van der Waals surface area contributed by atoms with Crippen LogP contribution >= 0.6 is 0 Å². The summed E-state index contributed by atoms with van der Waals surface area (Å²) in [6.45, 7) is 11.1. The molecule has 0 saturated carbocycles. The topological polar surface area (TPSA) is 105 Å². The molecule has 0 aliphatic rings. The molecule has 6 heteroatoms. The Balaban J connectivity index is 5.56. The van der Waals surface area contributed by atoms with Crippen LogP contribution in [0, 0.1) is 10.8 Å². The van der Waals surface area contributed by atoms with Crippen LogP contribution in [0.5, 0.6) is 0 Å². The maximum atomic E-state index is 11.2. The molecule has 0 radical (unpaired) electrons. The number of carbonyl (C=O) groups excluding carboxylic acids is 2. The molecule has 0 aromatic rings. The molecule has 6 nitrogen and oxygen atoms in total. The normalized spacial score (nSPS) is 13.0. The lowest BCUT2D eigenvalue weighted by Crippen LogP contribution is -2.60. The fraction of sp³-hybridized carbons (Fsp3) is 0.833. The van der Waals surface area contributed by atoms with Gasteiger partial charge in [-0.05, 0) is 0 Å². The largest absolute Gasteiger partial charge is 0.445 e. The van der Waals surface area contributed by atoms with E-state index in [4.69, 9.17) is 20.9 Å². The predicted molar refractivity (Wildman–Crippen MR) is 67.8 cm³/mol. The quantitative estimate of drug-likeness (QED) is 0.809. The van der Waals surface area contributed by atoms with Crippen molar-refractivity contribution in [2.24, 2.45) is 22.3 Å². The van der Waals surface area contributed by atoms with Gasteiger partial charge < -0.3 is 20.9 Å². The Hall–Kier alpha value is -1.46. The number of hydrogen-bond donors (Lipinski definition) is 2. The van der Waals surface area contributed by atoms with E-state index < -0.39 is 28.6 Å². The maximum Gasteiger partial charge on any atom is 0.405 e. The molecule has 0 saturated heterocycles. The highest BCUT2D eigenvalue weighted by atomic mass is 16.6. The van der Waals surface area contributed by atoms with Crippen LogP contribution in [0.2, 0.25) is 0 Å². The smallest absolute Gasteiger partial charge is 0.405 e. The average molecular weight is 260 g/mol. The molecule has 0 atom stereocenters. The molecule has 0 unspecified atom stereocenters. The monoisotopic (exact) mass is 260 g/mol. The summed E-state index contributed by atoms with van der Waals surface area (Å²) in [6.07, 6.45) is -1.83. The summed E-state index contributed by atoms with van der Waals surface area (Å²) in [5.41, 5.74) is 8.08. The predicted octanol–water partition coefficient (Wildman–Crippen LogP) is 2.01. The summed E-state index contributed by atoms with van der Waals surface area (Å²) in [5.74, 6) is 0. The maximum absolute atomic E-state index is 11.2. The van der Waals surface area contributed by atoms with Crippen molar-refractivity contribution in [3.8, 4) is 0 Å². The SMILES string of the molecule is CC(C)(C)C(COC(N)=O)(OC(N)=O)C(C)(C)C. The van der Waals surface area contributed by atoms with E-state index in [0.717, 1.165) is 0 Å². The third-order valence-electron chi connectivity index (χ3n) is 3.12. The summed E-state index contributed by atoms with van der Waals surface area (Å²) < 4.78 is 10.2. The molecule has 0 aromatic heterocycles. The second-order valence-electron chi connectivity index (χ2n) is 6.36. The second-order valence-corrected chi connectivity index (χ2v) is 6.36. The molecule has 106 valence electrons. The van der Waals surface area contributed by atoms with Gasteiger partial charge in [0, 0.05) is 10.8 Å². The van der Waals surface area contributed by atoms with E-state index in [1.54, 1.807) is 0 Å². The van der Waals surface area contributed by atoms with Gasteiger partial charge in [-0.2, -0.15) is 0 Å². The Morgan fingerprint density at radius 3 is 1.50 bits per heavy atom. The highest BCUT2D eigenvalue weighted by molar-refractivity contribution is 5.66. The summed E-state index contributed by atoms with van der Waals surface area (Å²) in [7, 11) is 0. The van der Waals surface area contributed by atoms with E-state index in [0.29, 0.717) is 0 Å². The molecule has 0 rings (SSSR count). The molecule has 0 aliphatic heterocycles. The number of rotatable bonds is 3. The van der Waals surface area contributed by atoms with Crippen LogP contribution in [0.4, 0.5) is 9.59 Å². The lowest BCUT2D eigenvalue weighted by atomic mass is 9.62. The molecule has 0 aromatic carbocycles. The standard InChI is InChI=1S/C12H24N2O4/c1-10(2,3)12(11(4,5)6,18-9(14)16)7-17-8(13)15/h7H2,1-6H3,(H2,13,15)(H2,14,16). The third-order valence-corrected chi connectivity index (χ3v) is 3.12. The van der Waals surface area contributed by atoms with Gasteiger partial charge in [0.1, 0.15) is 6.61 Å². The summed E-state index contributed by atoms with van der Waals surface area (Å²) in [5, 5.41) is 0. The van der Waals surface area contributed by atoms with Gasteiger partial charge in [-0.3, -0.25) is 0 Å². The zero-order valence-corrected chi connectivity index (χ0v) is 12.0. The van der Waals surface area contributed by atoms with Crippen molar-refractivity contribution >= 4 is 12.2 Å². The first-order chi connectivity index (χ1) is 7.83. The molecular weight excluding hydrogens is 236 g/mol. The van der Waals surface area contributed by atoms with Gasteiger partial charge in [-0.25, -0.2) is 9.59 Å². The lowest BCUT2D eigenvalue weighted by Gasteiger charge is -2.51. The number of nitrogens with two attached hydrogens (primary N) is 2. The van der Waals surface area contributed by atoms with E-state index >= 15 is 0 Å². The fourth-order valence-corrected chi connectivity index (χ4v) is 2.24. The molecule has 0 bridgehead atoms. The number of hydrogen-bond acceptors (Lipinski definition) is 4. The Morgan fingerprint density at radius 1 is 0.889 bits per heavy atom.